The summed E-state index contributed by atoms with van der Waals surface area (Å²) in [5, 5.41) is 9.70. The van der Waals surface area contributed by atoms with Gasteiger partial charge in [-0.1, -0.05) is 0 Å². The largest absolute Gasteiger partial charge is 0.392 e. The van der Waals surface area contributed by atoms with Gasteiger partial charge in [-0.15, -0.1) is 0 Å². The van der Waals surface area contributed by atoms with E-state index in [1.807, 2.05) is 0 Å². The summed E-state index contributed by atoms with van der Waals surface area (Å²) in [5.41, 5.74) is 0. The lowest BCUT2D eigenvalue weighted by Crippen LogP contribution is -2.43. The quantitative estimate of drug-likeness (QED) is 0.671. The molecule has 1 unspecified atom stereocenters. The molecule has 0 aromatic heterocycles. The van der Waals surface area contributed by atoms with E-state index in [4.69, 9.17) is 4.74 Å². The summed E-state index contributed by atoms with van der Waals surface area (Å²) in [4.78, 5) is 0. The molecule has 1 atom stereocenters. The second-order valence-electron chi connectivity index (χ2n) is 4.03. The van der Waals surface area contributed by atoms with E-state index in [1.54, 1.807) is 21.0 Å². The second-order valence-corrected chi connectivity index (χ2v) is 6.62. The minimum atomic E-state index is -3.23. The Bertz CT molecular complexity index is 256. The van der Waals surface area contributed by atoms with Crippen LogP contribution in [0.5, 0.6) is 0 Å². The van der Waals surface area contributed by atoms with Gasteiger partial charge in [0.25, 0.3) is 0 Å². The van der Waals surface area contributed by atoms with Gasteiger partial charge in [0.15, 0.2) is 9.84 Å². The molecule has 0 aliphatic heterocycles. The topological polar surface area (TPSA) is 63.6 Å². The zero-order valence-corrected chi connectivity index (χ0v) is 10.1. The molecule has 0 aromatic rings. The van der Waals surface area contributed by atoms with E-state index >= 15 is 0 Å². The summed E-state index contributed by atoms with van der Waals surface area (Å²) in [6.45, 7) is 3.62. The maximum absolute atomic E-state index is 11.3. The van der Waals surface area contributed by atoms with Gasteiger partial charge in [0.2, 0.25) is 0 Å². The summed E-state index contributed by atoms with van der Waals surface area (Å²) in [6.07, 6.45) is 1.41. The second kappa shape index (κ2) is 5.09. The van der Waals surface area contributed by atoms with Crippen molar-refractivity contribution in [2.24, 2.45) is 0 Å². The number of methoxy groups -OCH3 is 1. The van der Waals surface area contributed by atoms with Gasteiger partial charge in [-0.3, -0.25) is 0 Å². The molecule has 5 heteroatoms. The molecule has 86 valence electrons. The predicted molar refractivity (Wildman–Crippen MR) is 56.0 cm³/mol. The van der Waals surface area contributed by atoms with Crippen LogP contribution in [0, 0.1) is 0 Å². The number of ether oxygens (including phenoxy) is 1. The van der Waals surface area contributed by atoms with Crippen molar-refractivity contribution in [3.8, 4) is 0 Å². The number of hydrogen-bond acceptors (Lipinski definition) is 4. The van der Waals surface area contributed by atoms with E-state index in [-0.39, 0.29) is 0 Å². The first kappa shape index (κ1) is 13.9. The SMILES string of the molecule is COCCCC(O)C(C)(C)S(C)(=O)=O. The van der Waals surface area contributed by atoms with Crippen LogP contribution in [0.1, 0.15) is 26.7 Å². The van der Waals surface area contributed by atoms with Gasteiger partial charge in [0, 0.05) is 20.0 Å². The third kappa shape index (κ3) is 3.55. The highest BCUT2D eigenvalue weighted by molar-refractivity contribution is 7.92. The summed E-state index contributed by atoms with van der Waals surface area (Å²) in [5.74, 6) is 0. The summed E-state index contributed by atoms with van der Waals surface area (Å²) in [6, 6.07) is 0. The molecular formula is C9H20O4S. The van der Waals surface area contributed by atoms with Crippen molar-refractivity contribution in [2.75, 3.05) is 20.0 Å². The van der Waals surface area contributed by atoms with Crippen molar-refractivity contribution in [3.05, 3.63) is 0 Å². The Morgan fingerprint density at radius 3 is 2.29 bits per heavy atom. The molecule has 0 aromatic carbocycles. The van der Waals surface area contributed by atoms with Crippen LogP contribution in [0.3, 0.4) is 0 Å². The fourth-order valence-corrected chi connectivity index (χ4v) is 1.63. The van der Waals surface area contributed by atoms with Gasteiger partial charge in [0.1, 0.15) is 0 Å². The summed E-state index contributed by atoms with van der Waals surface area (Å²) >= 11 is 0. The molecule has 0 heterocycles. The minimum Gasteiger partial charge on any atom is -0.392 e. The Morgan fingerprint density at radius 2 is 1.93 bits per heavy atom. The lowest BCUT2D eigenvalue weighted by atomic mass is 10.0. The highest BCUT2D eigenvalue weighted by Gasteiger charge is 2.37. The molecule has 0 aliphatic rings. The predicted octanol–water partition coefficient (Wildman–Crippen LogP) is 0.597. The number of rotatable bonds is 6. The van der Waals surface area contributed by atoms with Gasteiger partial charge in [-0.2, -0.15) is 0 Å². The molecule has 0 amide bonds. The van der Waals surface area contributed by atoms with Crippen molar-refractivity contribution in [3.63, 3.8) is 0 Å². The number of hydrogen-bond donors (Lipinski definition) is 1. The summed E-state index contributed by atoms with van der Waals surface area (Å²) < 4.78 is 26.4. The Labute approximate surface area is 86.2 Å². The first-order valence-electron chi connectivity index (χ1n) is 4.60. The average Bonchev–Trinajstić information content (AvgIpc) is 2.02. The van der Waals surface area contributed by atoms with Crippen LogP contribution in [-0.4, -0.2) is 44.3 Å². The van der Waals surface area contributed by atoms with Crippen LogP contribution in [0.4, 0.5) is 0 Å². The molecule has 1 N–H and O–H groups in total. The van der Waals surface area contributed by atoms with Crippen molar-refractivity contribution in [1.82, 2.24) is 0 Å². The molecule has 4 nitrogen and oxygen atoms in total. The van der Waals surface area contributed by atoms with Crippen molar-refractivity contribution >= 4 is 9.84 Å². The maximum Gasteiger partial charge on any atom is 0.155 e. The Balaban J connectivity index is 4.30. The Morgan fingerprint density at radius 1 is 1.43 bits per heavy atom. The fraction of sp³-hybridized carbons (Fsp3) is 1.00. The van der Waals surface area contributed by atoms with E-state index in [9.17, 15) is 13.5 Å². The molecule has 0 saturated heterocycles. The van der Waals surface area contributed by atoms with Crippen molar-refractivity contribution < 1.29 is 18.3 Å². The number of sulfone groups is 1. The smallest absolute Gasteiger partial charge is 0.155 e. The minimum absolute atomic E-state index is 0.438. The molecule has 0 radical (unpaired) electrons. The number of aliphatic hydroxyl groups is 1. The first-order chi connectivity index (χ1) is 6.23. The number of aliphatic hydroxyl groups excluding tert-OH is 1. The fourth-order valence-electron chi connectivity index (χ4n) is 1.02. The third-order valence-corrected chi connectivity index (χ3v) is 4.77. The molecule has 14 heavy (non-hydrogen) atoms. The van der Waals surface area contributed by atoms with E-state index in [0.717, 1.165) is 6.26 Å². The van der Waals surface area contributed by atoms with Gasteiger partial charge < -0.3 is 9.84 Å². The third-order valence-electron chi connectivity index (χ3n) is 2.58. The standard InChI is InChI=1S/C9H20O4S/c1-9(2,14(4,11)12)8(10)6-5-7-13-3/h8,10H,5-7H2,1-4H3. The van der Waals surface area contributed by atoms with Crippen LogP contribution in [0.15, 0.2) is 0 Å². The summed E-state index contributed by atoms with van der Waals surface area (Å²) in [7, 11) is -1.65. The van der Waals surface area contributed by atoms with E-state index < -0.39 is 20.7 Å². The van der Waals surface area contributed by atoms with Gasteiger partial charge in [0.05, 0.1) is 10.9 Å². The molecule has 0 rings (SSSR count). The zero-order chi connectivity index (χ0) is 11.4. The van der Waals surface area contributed by atoms with Gasteiger partial charge in [-0.05, 0) is 26.7 Å². The van der Waals surface area contributed by atoms with E-state index in [0.29, 0.717) is 19.4 Å². The molecule has 0 saturated carbocycles. The molecule has 0 spiro atoms. The molecule has 0 fully saturated rings. The van der Waals surface area contributed by atoms with Crippen molar-refractivity contribution in [1.29, 1.82) is 0 Å². The first-order valence-corrected chi connectivity index (χ1v) is 6.49. The highest BCUT2D eigenvalue weighted by atomic mass is 32.2. The normalized spacial score (nSPS) is 15.5. The van der Waals surface area contributed by atoms with Crippen molar-refractivity contribution in [2.45, 2.75) is 37.5 Å². The van der Waals surface area contributed by atoms with Crippen LogP contribution in [0.2, 0.25) is 0 Å². The lowest BCUT2D eigenvalue weighted by Gasteiger charge is -2.28. The monoisotopic (exact) mass is 224 g/mol. The van der Waals surface area contributed by atoms with Crippen LogP contribution >= 0.6 is 0 Å². The van der Waals surface area contributed by atoms with Crippen LogP contribution < -0.4 is 0 Å². The van der Waals surface area contributed by atoms with E-state index in [2.05, 4.69) is 0 Å². The van der Waals surface area contributed by atoms with Crippen LogP contribution in [-0.2, 0) is 14.6 Å². The highest BCUT2D eigenvalue weighted by Crippen LogP contribution is 2.23. The average molecular weight is 224 g/mol. The molecule has 0 bridgehead atoms. The maximum atomic E-state index is 11.3. The Hall–Kier alpha value is -0.130. The molecule has 0 aliphatic carbocycles. The molecular weight excluding hydrogens is 204 g/mol. The zero-order valence-electron chi connectivity index (χ0n) is 9.28. The lowest BCUT2D eigenvalue weighted by molar-refractivity contribution is 0.109. The Kier molecular flexibility index (Phi) is 5.05. The van der Waals surface area contributed by atoms with Gasteiger partial charge >= 0.3 is 0 Å². The van der Waals surface area contributed by atoms with Gasteiger partial charge in [-0.25, -0.2) is 8.42 Å². The van der Waals surface area contributed by atoms with E-state index in [1.165, 1.54) is 0 Å². The van der Waals surface area contributed by atoms with Crippen LogP contribution in [0.25, 0.3) is 0 Å².